The number of aliphatic hydroxyl groups is 2. The normalized spacial score (nSPS) is 30.7. The Labute approximate surface area is 87.1 Å². The van der Waals surface area contributed by atoms with Gasteiger partial charge in [-0.25, -0.2) is 0 Å². The van der Waals surface area contributed by atoms with Crippen LogP contribution in [0.5, 0.6) is 0 Å². The Hall–Kier alpha value is -1.17. The number of pyridine rings is 1. The minimum atomic E-state index is -0.708. The van der Waals surface area contributed by atoms with Crippen molar-refractivity contribution in [1.29, 1.82) is 0 Å². The Morgan fingerprint density at radius 2 is 2.33 bits per heavy atom. The molecule has 3 atom stereocenters. The second-order valence-corrected chi connectivity index (χ2v) is 3.60. The summed E-state index contributed by atoms with van der Waals surface area (Å²) in [6.45, 7) is -0.233. The van der Waals surface area contributed by atoms with Crippen LogP contribution >= 0.6 is 0 Å². The Kier molecular flexibility index (Phi) is 2.86. The first-order valence-electron chi connectivity index (χ1n) is 4.85. The quantitative estimate of drug-likeness (QED) is 0.511. The SMILES string of the molecule is [O-][n+]1ccccc1[C@H]1C[C@H](O)[C@@H](CO)O1. The molecule has 0 spiro atoms. The van der Waals surface area contributed by atoms with Gasteiger partial charge in [0, 0.05) is 18.6 Å². The van der Waals surface area contributed by atoms with Gasteiger partial charge in [0.1, 0.15) is 12.2 Å². The first kappa shape index (κ1) is 10.4. The molecule has 5 heteroatoms. The number of ether oxygens (including phenoxy) is 1. The van der Waals surface area contributed by atoms with Gasteiger partial charge >= 0.3 is 0 Å². The van der Waals surface area contributed by atoms with Crippen LogP contribution in [0, 0.1) is 5.21 Å². The van der Waals surface area contributed by atoms with Crippen molar-refractivity contribution in [2.75, 3.05) is 6.61 Å². The van der Waals surface area contributed by atoms with Gasteiger partial charge in [-0.1, -0.05) is 0 Å². The highest BCUT2D eigenvalue weighted by atomic mass is 16.5. The van der Waals surface area contributed by atoms with Crippen molar-refractivity contribution >= 4 is 0 Å². The molecule has 0 amide bonds. The number of aliphatic hydroxyl groups excluding tert-OH is 2. The third-order valence-electron chi connectivity index (χ3n) is 2.59. The summed E-state index contributed by atoms with van der Waals surface area (Å²) in [4.78, 5) is 0. The summed E-state index contributed by atoms with van der Waals surface area (Å²) in [5.41, 5.74) is 0.465. The molecule has 82 valence electrons. The highest BCUT2D eigenvalue weighted by Gasteiger charge is 2.37. The lowest BCUT2D eigenvalue weighted by Gasteiger charge is -2.11. The van der Waals surface area contributed by atoms with Gasteiger partial charge in [0.25, 0.3) is 0 Å². The summed E-state index contributed by atoms with van der Waals surface area (Å²) >= 11 is 0. The monoisotopic (exact) mass is 211 g/mol. The Morgan fingerprint density at radius 3 is 2.93 bits per heavy atom. The molecule has 1 fully saturated rings. The molecular weight excluding hydrogens is 198 g/mol. The molecule has 1 saturated heterocycles. The summed E-state index contributed by atoms with van der Waals surface area (Å²) in [6.07, 6.45) is 0.000666. The molecule has 0 aromatic carbocycles. The molecule has 1 aliphatic heterocycles. The molecule has 1 aliphatic rings. The van der Waals surface area contributed by atoms with Gasteiger partial charge in [0.05, 0.1) is 12.7 Å². The summed E-state index contributed by atoms with van der Waals surface area (Å²) in [5, 5.41) is 29.8. The maximum Gasteiger partial charge on any atom is 0.221 e. The first-order chi connectivity index (χ1) is 7.22. The highest BCUT2D eigenvalue weighted by molar-refractivity contribution is 5.04. The van der Waals surface area contributed by atoms with Crippen molar-refractivity contribution in [1.82, 2.24) is 0 Å². The van der Waals surface area contributed by atoms with E-state index in [2.05, 4.69) is 0 Å². The van der Waals surface area contributed by atoms with E-state index < -0.39 is 18.3 Å². The lowest BCUT2D eigenvalue weighted by atomic mass is 10.1. The van der Waals surface area contributed by atoms with Crippen molar-refractivity contribution in [2.24, 2.45) is 0 Å². The molecule has 15 heavy (non-hydrogen) atoms. The minimum absolute atomic E-state index is 0.233. The molecule has 1 aromatic rings. The molecule has 2 rings (SSSR count). The van der Waals surface area contributed by atoms with Crippen LogP contribution < -0.4 is 4.73 Å². The Morgan fingerprint density at radius 1 is 1.53 bits per heavy atom. The van der Waals surface area contributed by atoms with Gasteiger partial charge in [0.15, 0.2) is 6.20 Å². The van der Waals surface area contributed by atoms with E-state index in [-0.39, 0.29) is 6.61 Å². The van der Waals surface area contributed by atoms with Crippen molar-refractivity contribution in [3.05, 3.63) is 35.3 Å². The minimum Gasteiger partial charge on any atom is -0.618 e. The van der Waals surface area contributed by atoms with Crippen LogP contribution in [0.15, 0.2) is 24.4 Å². The van der Waals surface area contributed by atoms with Crippen LogP contribution in [0.2, 0.25) is 0 Å². The van der Waals surface area contributed by atoms with Crippen LogP contribution in [0.1, 0.15) is 18.2 Å². The molecule has 1 aromatic heterocycles. The third-order valence-corrected chi connectivity index (χ3v) is 2.59. The standard InChI is InChI=1S/C10H13NO4/c12-6-10-8(13)5-9(15-10)7-3-1-2-4-11(7)14/h1-4,8-10,12-13H,5-6H2/t8-,9+,10+/m0/s1. The van der Waals surface area contributed by atoms with Gasteiger partial charge in [0.2, 0.25) is 5.69 Å². The highest BCUT2D eigenvalue weighted by Crippen LogP contribution is 2.30. The molecule has 0 aliphatic carbocycles. The van der Waals surface area contributed by atoms with Gasteiger partial charge in [-0.05, 0) is 6.07 Å². The smallest absolute Gasteiger partial charge is 0.221 e. The van der Waals surface area contributed by atoms with E-state index in [1.165, 1.54) is 6.20 Å². The van der Waals surface area contributed by atoms with Crippen LogP contribution in [0.25, 0.3) is 0 Å². The lowest BCUT2D eigenvalue weighted by Crippen LogP contribution is -2.32. The fourth-order valence-corrected chi connectivity index (χ4v) is 1.77. The molecule has 0 radical (unpaired) electrons. The Balaban J connectivity index is 2.17. The van der Waals surface area contributed by atoms with E-state index >= 15 is 0 Å². The van der Waals surface area contributed by atoms with E-state index in [1.807, 2.05) is 0 Å². The van der Waals surface area contributed by atoms with Crippen LogP contribution in [-0.2, 0) is 4.74 Å². The van der Waals surface area contributed by atoms with Crippen LogP contribution in [-0.4, -0.2) is 29.0 Å². The van der Waals surface area contributed by atoms with E-state index in [0.717, 1.165) is 4.73 Å². The summed E-state index contributed by atoms with van der Waals surface area (Å²) in [6, 6.07) is 5.03. The van der Waals surface area contributed by atoms with E-state index in [0.29, 0.717) is 12.1 Å². The third kappa shape index (κ3) is 1.94. The molecular formula is C10H13NO4. The largest absolute Gasteiger partial charge is 0.618 e. The number of aromatic nitrogens is 1. The van der Waals surface area contributed by atoms with E-state index in [1.54, 1.807) is 18.2 Å². The van der Waals surface area contributed by atoms with E-state index in [9.17, 15) is 10.3 Å². The predicted molar refractivity (Wildman–Crippen MR) is 50.7 cm³/mol. The van der Waals surface area contributed by atoms with Crippen molar-refractivity contribution in [2.45, 2.75) is 24.7 Å². The molecule has 0 bridgehead atoms. The molecule has 2 heterocycles. The number of hydrogen-bond acceptors (Lipinski definition) is 4. The van der Waals surface area contributed by atoms with Crippen LogP contribution in [0.3, 0.4) is 0 Å². The molecule has 0 saturated carbocycles. The lowest BCUT2D eigenvalue weighted by molar-refractivity contribution is -0.618. The maximum absolute atomic E-state index is 11.4. The number of nitrogens with zero attached hydrogens (tertiary/aromatic N) is 1. The van der Waals surface area contributed by atoms with Gasteiger partial charge in [-0.3, -0.25) is 0 Å². The van der Waals surface area contributed by atoms with Gasteiger partial charge < -0.3 is 20.2 Å². The first-order valence-corrected chi connectivity index (χ1v) is 4.85. The molecule has 2 N–H and O–H groups in total. The summed E-state index contributed by atoms with van der Waals surface area (Å²) in [5.74, 6) is 0. The fraction of sp³-hybridized carbons (Fsp3) is 0.500. The topological polar surface area (TPSA) is 76.6 Å². The van der Waals surface area contributed by atoms with E-state index in [4.69, 9.17) is 9.84 Å². The van der Waals surface area contributed by atoms with Crippen molar-refractivity contribution in [3.63, 3.8) is 0 Å². The van der Waals surface area contributed by atoms with Crippen molar-refractivity contribution < 1.29 is 19.7 Å². The molecule has 5 nitrogen and oxygen atoms in total. The van der Waals surface area contributed by atoms with Gasteiger partial charge in [-0.2, -0.15) is 4.73 Å². The zero-order chi connectivity index (χ0) is 10.8. The summed E-state index contributed by atoms with van der Waals surface area (Å²) in [7, 11) is 0. The number of rotatable bonds is 2. The predicted octanol–water partition coefficient (Wildman–Crippen LogP) is -0.497. The second kappa shape index (κ2) is 4.14. The Bertz CT molecular complexity index is 344. The zero-order valence-corrected chi connectivity index (χ0v) is 8.11. The second-order valence-electron chi connectivity index (χ2n) is 3.60. The number of hydrogen-bond donors (Lipinski definition) is 2. The maximum atomic E-state index is 11.4. The van der Waals surface area contributed by atoms with Gasteiger partial charge in [-0.15, -0.1) is 0 Å². The van der Waals surface area contributed by atoms with Crippen LogP contribution in [0.4, 0.5) is 0 Å². The average molecular weight is 211 g/mol. The van der Waals surface area contributed by atoms with Crippen molar-refractivity contribution in [3.8, 4) is 0 Å². The average Bonchev–Trinajstić information content (AvgIpc) is 2.60. The summed E-state index contributed by atoms with van der Waals surface area (Å²) < 4.78 is 6.09. The fourth-order valence-electron chi connectivity index (χ4n) is 1.77. The molecule has 0 unspecified atom stereocenters. The zero-order valence-electron chi connectivity index (χ0n) is 8.11.